The highest BCUT2D eigenvalue weighted by Gasteiger charge is 2.30. The number of carbonyl (C=O) groups is 1. The van der Waals surface area contributed by atoms with E-state index in [1.807, 2.05) is 4.90 Å². The fourth-order valence-electron chi connectivity index (χ4n) is 3.93. The average Bonchev–Trinajstić information content (AvgIpc) is 2.85. The van der Waals surface area contributed by atoms with Crippen LogP contribution >= 0.6 is 0 Å². The van der Waals surface area contributed by atoms with Crippen molar-refractivity contribution >= 4 is 39.2 Å². The lowest BCUT2D eigenvalue weighted by Crippen LogP contribution is -2.48. The molecule has 14 heteroatoms. The second-order valence-electron chi connectivity index (χ2n) is 8.24. The molecule has 0 spiro atoms. The van der Waals surface area contributed by atoms with Crippen LogP contribution in [0.25, 0.3) is 0 Å². The largest absolute Gasteiger partial charge is 0.482 e. The van der Waals surface area contributed by atoms with Crippen molar-refractivity contribution < 1.29 is 22.3 Å². The Labute approximate surface area is 206 Å². The van der Waals surface area contributed by atoms with Crippen molar-refractivity contribution in [2.24, 2.45) is 0 Å². The molecule has 5 rings (SSSR count). The summed E-state index contributed by atoms with van der Waals surface area (Å²) in [6.45, 7) is 1.69. The Morgan fingerprint density at radius 3 is 2.56 bits per heavy atom. The van der Waals surface area contributed by atoms with Crippen LogP contribution in [0.15, 0.2) is 47.4 Å². The molecule has 0 saturated carbocycles. The maximum atomic E-state index is 13.2. The summed E-state index contributed by atoms with van der Waals surface area (Å²) in [5, 5.41) is 5.60. The molecule has 0 radical (unpaired) electrons. The Hall–Kier alpha value is -3.88. The minimum Gasteiger partial charge on any atom is -0.482 e. The summed E-state index contributed by atoms with van der Waals surface area (Å²) >= 11 is 0. The van der Waals surface area contributed by atoms with Crippen molar-refractivity contribution in [2.75, 3.05) is 49.2 Å². The maximum absolute atomic E-state index is 13.2. The number of aromatic nitrogens is 3. The average molecular weight is 515 g/mol. The second-order valence-corrected chi connectivity index (χ2v) is 10.2. The zero-order valence-electron chi connectivity index (χ0n) is 19.0. The van der Waals surface area contributed by atoms with Crippen LogP contribution in [-0.4, -0.2) is 71.3 Å². The van der Waals surface area contributed by atoms with Crippen LogP contribution in [-0.2, 0) is 21.4 Å². The first kappa shape index (κ1) is 23.8. The summed E-state index contributed by atoms with van der Waals surface area (Å²) in [6.07, 6.45) is 0. The number of nitrogens with two attached hydrogens (primary N) is 1. The van der Waals surface area contributed by atoms with E-state index in [-0.39, 0.29) is 48.2 Å². The molecule has 0 bridgehead atoms. The van der Waals surface area contributed by atoms with E-state index < -0.39 is 10.0 Å². The lowest BCUT2D eigenvalue weighted by Gasteiger charge is -2.33. The lowest BCUT2D eigenvalue weighted by molar-refractivity contribution is -0.118. The predicted octanol–water partition coefficient (Wildman–Crippen LogP) is 1.17. The van der Waals surface area contributed by atoms with Crippen LogP contribution in [0, 0.1) is 5.82 Å². The molecule has 36 heavy (non-hydrogen) atoms. The van der Waals surface area contributed by atoms with E-state index in [2.05, 4.69) is 25.6 Å². The monoisotopic (exact) mass is 514 g/mol. The standard InChI is InChI=1S/C22H23FN8O4S/c23-14-1-3-15(4-2-14)25-22-28-19(27-21(24)29-22)12-30-7-9-31(10-8-30)36(33,34)16-5-6-18-17(11-16)26-20(32)13-35-18/h1-6,11H,7-10,12-13H2,(H,26,32)(H3,24,25,27,28,29). The van der Waals surface area contributed by atoms with Crippen LogP contribution in [0.1, 0.15) is 5.82 Å². The Morgan fingerprint density at radius 1 is 1.06 bits per heavy atom. The summed E-state index contributed by atoms with van der Waals surface area (Å²) in [5.41, 5.74) is 6.77. The molecule has 0 unspecified atom stereocenters. The maximum Gasteiger partial charge on any atom is 0.262 e. The number of anilines is 4. The van der Waals surface area contributed by atoms with E-state index in [4.69, 9.17) is 10.5 Å². The number of nitrogens with one attached hydrogen (secondary N) is 2. The van der Waals surface area contributed by atoms with Gasteiger partial charge in [-0.25, -0.2) is 12.8 Å². The normalized spacial score (nSPS) is 16.6. The third kappa shape index (κ3) is 5.19. The number of carbonyl (C=O) groups excluding carboxylic acids is 1. The molecule has 3 heterocycles. The molecule has 1 fully saturated rings. The van der Waals surface area contributed by atoms with Gasteiger partial charge in [0.15, 0.2) is 6.61 Å². The lowest BCUT2D eigenvalue weighted by atomic mass is 10.2. The predicted molar refractivity (Wildman–Crippen MR) is 129 cm³/mol. The number of nitrogen functional groups attached to an aromatic ring is 1. The number of benzene rings is 2. The van der Waals surface area contributed by atoms with Crippen molar-refractivity contribution in [3.8, 4) is 5.75 Å². The van der Waals surface area contributed by atoms with Crippen LogP contribution in [0.2, 0.25) is 0 Å². The van der Waals surface area contributed by atoms with Gasteiger partial charge in [-0.05, 0) is 42.5 Å². The van der Waals surface area contributed by atoms with E-state index in [1.54, 1.807) is 18.2 Å². The number of amides is 1. The van der Waals surface area contributed by atoms with E-state index in [9.17, 15) is 17.6 Å². The first-order valence-electron chi connectivity index (χ1n) is 11.1. The van der Waals surface area contributed by atoms with Gasteiger partial charge in [-0.2, -0.15) is 19.3 Å². The molecule has 4 N–H and O–H groups in total. The van der Waals surface area contributed by atoms with Gasteiger partial charge >= 0.3 is 0 Å². The summed E-state index contributed by atoms with van der Waals surface area (Å²) < 4.78 is 46.2. The topological polar surface area (TPSA) is 156 Å². The van der Waals surface area contributed by atoms with Gasteiger partial charge < -0.3 is 21.1 Å². The molecule has 3 aromatic rings. The molecule has 0 aliphatic carbocycles. The van der Waals surface area contributed by atoms with Gasteiger partial charge in [0.1, 0.15) is 17.4 Å². The summed E-state index contributed by atoms with van der Waals surface area (Å²) in [6, 6.07) is 10.2. The highest BCUT2D eigenvalue weighted by Crippen LogP contribution is 2.31. The SMILES string of the molecule is Nc1nc(CN2CCN(S(=O)(=O)c3ccc4c(c3)NC(=O)CO4)CC2)nc(Nc2ccc(F)cc2)n1. The molecular weight excluding hydrogens is 491 g/mol. The second kappa shape index (κ2) is 9.64. The molecule has 1 aromatic heterocycles. The van der Waals surface area contributed by atoms with Crippen molar-refractivity contribution in [3.05, 3.63) is 54.1 Å². The molecule has 0 atom stereocenters. The van der Waals surface area contributed by atoms with Crippen molar-refractivity contribution in [3.63, 3.8) is 0 Å². The van der Waals surface area contributed by atoms with Gasteiger partial charge in [0.05, 0.1) is 17.1 Å². The number of piperazine rings is 1. The number of ether oxygens (including phenoxy) is 1. The Balaban J connectivity index is 1.22. The number of fused-ring (bicyclic) bond motifs is 1. The number of sulfonamides is 1. The first-order chi connectivity index (χ1) is 17.3. The number of halogens is 1. The van der Waals surface area contributed by atoms with Crippen molar-refractivity contribution in [1.29, 1.82) is 0 Å². The van der Waals surface area contributed by atoms with Crippen LogP contribution in [0.5, 0.6) is 5.75 Å². The minimum absolute atomic E-state index is 0.0364. The van der Waals surface area contributed by atoms with Gasteiger partial charge in [0.2, 0.25) is 21.9 Å². The number of nitrogens with zero attached hydrogens (tertiary/aromatic N) is 5. The smallest absolute Gasteiger partial charge is 0.262 e. The first-order valence-corrected chi connectivity index (χ1v) is 12.5. The highest BCUT2D eigenvalue weighted by atomic mass is 32.2. The molecule has 1 amide bonds. The zero-order chi connectivity index (χ0) is 25.3. The quantitative estimate of drug-likeness (QED) is 0.436. The van der Waals surface area contributed by atoms with Crippen LogP contribution in [0.4, 0.5) is 27.7 Å². The van der Waals surface area contributed by atoms with Crippen LogP contribution < -0.4 is 21.1 Å². The number of hydrogen-bond donors (Lipinski definition) is 3. The zero-order valence-corrected chi connectivity index (χ0v) is 19.8. The van der Waals surface area contributed by atoms with E-state index >= 15 is 0 Å². The van der Waals surface area contributed by atoms with E-state index in [1.165, 1.54) is 28.6 Å². The molecule has 188 valence electrons. The number of hydrogen-bond acceptors (Lipinski definition) is 10. The number of rotatable bonds is 6. The molecule has 2 aromatic carbocycles. The Bertz CT molecular complexity index is 1400. The van der Waals surface area contributed by atoms with E-state index in [0.29, 0.717) is 42.6 Å². The van der Waals surface area contributed by atoms with Gasteiger partial charge in [-0.15, -0.1) is 0 Å². The fourth-order valence-corrected chi connectivity index (χ4v) is 5.38. The summed E-state index contributed by atoms with van der Waals surface area (Å²) in [4.78, 5) is 26.3. The Morgan fingerprint density at radius 2 is 1.81 bits per heavy atom. The van der Waals surface area contributed by atoms with Gasteiger partial charge in [0.25, 0.3) is 5.91 Å². The van der Waals surface area contributed by atoms with Crippen molar-refractivity contribution in [2.45, 2.75) is 11.4 Å². The summed E-state index contributed by atoms with van der Waals surface area (Å²) in [5.74, 6) is 0.436. The van der Waals surface area contributed by atoms with Gasteiger partial charge in [-0.3, -0.25) is 9.69 Å². The molecule has 1 saturated heterocycles. The molecular formula is C22H23FN8O4S. The highest BCUT2D eigenvalue weighted by molar-refractivity contribution is 7.89. The van der Waals surface area contributed by atoms with Crippen molar-refractivity contribution in [1.82, 2.24) is 24.2 Å². The van der Waals surface area contributed by atoms with Crippen LogP contribution in [0.3, 0.4) is 0 Å². The third-order valence-corrected chi connectivity index (χ3v) is 7.61. The molecule has 2 aliphatic rings. The molecule has 2 aliphatic heterocycles. The van der Waals surface area contributed by atoms with Gasteiger partial charge in [-0.1, -0.05) is 0 Å². The molecule has 12 nitrogen and oxygen atoms in total. The Kier molecular flexibility index (Phi) is 6.38. The fraction of sp³-hybridized carbons (Fsp3) is 0.273. The summed E-state index contributed by atoms with van der Waals surface area (Å²) in [7, 11) is -3.76. The third-order valence-electron chi connectivity index (χ3n) is 5.72. The van der Waals surface area contributed by atoms with E-state index in [0.717, 1.165) is 0 Å². The minimum atomic E-state index is -3.76. The van der Waals surface area contributed by atoms with Gasteiger partial charge in [0, 0.05) is 31.9 Å².